The molecule has 21 heavy (non-hydrogen) atoms. The van der Waals surface area contributed by atoms with Crippen LogP contribution in [0.15, 0.2) is 0 Å². The maximum absolute atomic E-state index is 13.2. The third kappa shape index (κ3) is 2.52. The Bertz CT molecular complexity index is 403. The van der Waals surface area contributed by atoms with Crippen LogP contribution in [-0.2, 0) is 4.79 Å². The van der Waals surface area contributed by atoms with Crippen LogP contribution >= 0.6 is 0 Å². The maximum Gasteiger partial charge on any atom is 0.226 e. The van der Waals surface area contributed by atoms with E-state index in [1.165, 1.54) is 32.1 Å². The lowest BCUT2D eigenvalue weighted by Gasteiger charge is -2.54. The SMILES string of the molecule is CC1(C)CN(C(=O)C2C3CC4CC(C3)CC2C4)CCCN1. The molecule has 4 bridgehead atoms. The Morgan fingerprint density at radius 2 is 1.67 bits per heavy atom. The molecule has 5 fully saturated rings. The molecule has 1 heterocycles. The van der Waals surface area contributed by atoms with Gasteiger partial charge in [-0.1, -0.05) is 0 Å². The molecular formula is C18H30N2O. The highest BCUT2D eigenvalue weighted by atomic mass is 16.2. The lowest BCUT2D eigenvalue weighted by atomic mass is 9.51. The van der Waals surface area contributed by atoms with Gasteiger partial charge >= 0.3 is 0 Å². The second-order valence-corrected chi connectivity index (χ2v) is 8.88. The molecule has 1 N–H and O–H groups in total. The average Bonchev–Trinajstić information content (AvgIpc) is 2.58. The van der Waals surface area contributed by atoms with Gasteiger partial charge in [-0.15, -0.1) is 0 Å². The van der Waals surface area contributed by atoms with Crippen LogP contribution in [0.5, 0.6) is 0 Å². The van der Waals surface area contributed by atoms with Crippen LogP contribution in [0.3, 0.4) is 0 Å². The van der Waals surface area contributed by atoms with Gasteiger partial charge in [0.1, 0.15) is 0 Å². The van der Waals surface area contributed by atoms with Gasteiger partial charge in [0.15, 0.2) is 0 Å². The first-order valence-corrected chi connectivity index (χ1v) is 9.06. The van der Waals surface area contributed by atoms with Gasteiger partial charge < -0.3 is 10.2 Å². The van der Waals surface area contributed by atoms with E-state index < -0.39 is 0 Å². The molecule has 118 valence electrons. The van der Waals surface area contributed by atoms with Gasteiger partial charge in [-0.3, -0.25) is 4.79 Å². The Balaban J connectivity index is 1.51. The molecule has 3 nitrogen and oxygen atoms in total. The Labute approximate surface area is 128 Å². The number of nitrogens with zero attached hydrogens (tertiary/aromatic N) is 1. The molecule has 0 radical (unpaired) electrons. The number of hydrogen-bond acceptors (Lipinski definition) is 2. The Morgan fingerprint density at radius 3 is 2.29 bits per heavy atom. The molecule has 0 atom stereocenters. The fraction of sp³-hybridized carbons (Fsp3) is 0.944. The summed E-state index contributed by atoms with van der Waals surface area (Å²) < 4.78 is 0. The molecule has 5 rings (SSSR count). The summed E-state index contributed by atoms with van der Waals surface area (Å²) in [4.78, 5) is 15.4. The number of rotatable bonds is 1. The van der Waals surface area contributed by atoms with E-state index in [1.54, 1.807) is 0 Å². The van der Waals surface area contributed by atoms with Gasteiger partial charge in [0, 0.05) is 24.5 Å². The first kappa shape index (κ1) is 14.0. The molecule has 1 amide bonds. The normalized spacial score (nSPS) is 44.7. The first-order chi connectivity index (χ1) is 10.0. The van der Waals surface area contributed by atoms with E-state index in [4.69, 9.17) is 0 Å². The standard InChI is InChI=1S/C18H30N2O/c1-18(2)11-20(5-3-4-19-18)17(21)16-14-7-12-6-13(9-14)10-15(16)8-12/h12-16,19H,3-11H2,1-2H3. The van der Waals surface area contributed by atoms with Crippen molar-refractivity contribution >= 4 is 5.91 Å². The largest absolute Gasteiger partial charge is 0.341 e. The molecule has 1 aliphatic heterocycles. The van der Waals surface area contributed by atoms with Crippen LogP contribution < -0.4 is 5.32 Å². The van der Waals surface area contributed by atoms with Crippen LogP contribution in [0.4, 0.5) is 0 Å². The Kier molecular flexibility index (Phi) is 3.33. The zero-order valence-corrected chi connectivity index (χ0v) is 13.6. The fourth-order valence-corrected chi connectivity index (χ4v) is 6.04. The van der Waals surface area contributed by atoms with Crippen molar-refractivity contribution in [3.8, 4) is 0 Å². The van der Waals surface area contributed by atoms with Crippen LogP contribution in [-0.4, -0.2) is 36.0 Å². The van der Waals surface area contributed by atoms with Crippen molar-refractivity contribution in [1.29, 1.82) is 0 Å². The summed E-state index contributed by atoms with van der Waals surface area (Å²) in [6.45, 7) is 7.34. The zero-order chi connectivity index (χ0) is 14.6. The van der Waals surface area contributed by atoms with Crippen molar-refractivity contribution in [3.05, 3.63) is 0 Å². The summed E-state index contributed by atoms with van der Waals surface area (Å²) >= 11 is 0. The second kappa shape index (κ2) is 4.97. The Hall–Kier alpha value is -0.570. The summed E-state index contributed by atoms with van der Waals surface area (Å²) in [5, 5.41) is 3.58. The number of carbonyl (C=O) groups is 1. The van der Waals surface area contributed by atoms with E-state index >= 15 is 0 Å². The van der Waals surface area contributed by atoms with Crippen LogP contribution in [0.1, 0.15) is 52.4 Å². The van der Waals surface area contributed by atoms with Crippen molar-refractivity contribution < 1.29 is 4.79 Å². The lowest BCUT2D eigenvalue weighted by Crippen LogP contribution is -2.54. The van der Waals surface area contributed by atoms with E-state index in [9.17, 15) is 4.79 Å². The maximum atomic E-state index is 13.2. The third-order valence-electron chi connectivity index (χ3n) is 6.62. The molecular weight excluding hydrogens is 260 g/mol. The van der Waals surface area contributed by atoms with Crippen molar-refractivity contribution in [2.45, 2.75) is 57.9 Å². The highest BCUT2D eigenvalue weighted by molar-refractivity contribution is 5.80. The van der Waals surface area contributed by atoms with Gasteiger partial charge in [-0.05, 0) is 82.6 Å². The molecule has 3 heteroatoms. The lowest BCUT2D eigenvalue weighted by molar-refractivity contribution is -0.149. The van der Waals surface area contributed by atoms with Crippen molar-refractivity contribution in [3.63, 3.8) is 0 Å². The highest BCUT2D eigenvalue weighted by Gasteiger charge is 2.51. The number of nitrogens with one attached hydrogen (secondary N) is 1. The van der Waals surface area contributed by atoms with Crippen molar-refractivity contribution in [2.75, 3.05) is 19.6 Å². The van der Waals surface area contributed by atoms with Gasteiger partial charge in [0.25, 0.3) is 0 Å². The summed E-state index contributed by atoms with van der Waals surface area (Å²) in [6.07, 6.45) is 7.95. The number of amides is 1. The third-order valence-corrected chi connectivity index (χ3v) is 6.62. The molecule has 0 aromatic rings. The van der Waals surface area contributed by atoms with E-state index in [0.29, 0.717) is 23.7 Å². The molecule has 0 unspecified atom stereocenters. The van der Waals surface area contributed by atoms with Gasteiger partial charge in [0.2, 0.25) is 5.91 Å². The second-order valence-electron chi connectivity index (χ2n) is 8.88. The minimum atomic E-state index is 0.0675. The molecule has 0 aromatic carbocycles. The number of hydrogen-bond donors (Lipinski definition) is 1. The average molecular weight is 290 g/mol. The molecule has 0 spiro atoms. The van der Waals surface area contributed by atoms with Crippen LogP contribution in [0.25, 0.3) is 0 Å². The molecule has 0 aromatic heterocycles. The van der Waals surface area contributed by atoms with Gasteiger partial charge in [-0.25, -0.2) is 0 Å². The predicted molar refractivity (Wildman–Crippen MR) is 83.8 cm³/mol. The molecule has 1 saturated heterocycles. The molecule has 5 aliphatic rings. The van der Waals surface area contributed by atoms with E-state index in [0.717, 1.165) is 37.9 Å². The monoisotopic (exact) mass is 290 g/mol. The van der Waals surface area contributed by atoms with E-state index in [-0.39, 0.29) is 5.54 Å². The first-order valence-electron chi connectivity index (χ1n) is 9.06. The summed E-state index contributed by atoms with van der Waals surface area (Å²) in [7, 11) is 0. The van der Waals surface area contributed by atoms with Gasteiger partial charge in [0.05, 0.1) is 0 Å². The molecule has 4 saturated carbocycles. The Morgan fingerprint density at radius 1 is 1.05 bits per heavy atom. The van der Waals surface area contributed by atoms with Crippen LogP contribution in [0.2, 0.25) is 0 Å². The summed E-state index contributed by atoms with van der Waals surface area (Å²) in [6, 6.07) is 0. The predicted octanol–water partition coefficient (Wildman–Crippen LogP) is 2.66. The van der Waals surface area contributed by atoms with Crippen molar-refractivity contribution in [1.82, 2.24) is 10.2 Å². The summed E-state index contributed by atoms with van der Waals surface area (Å²) in [5.74, 6) is 4.21. The topological polar surface area (TPSA) is 32.3 Å². The minimum absolute atomic E-state index is 0.0675. The van der Waals surface area contributed by atoms with Gasteiger partial charge in [-0.2, -0.15) is 0 Å². The number of carbonyl (C=O) groups excluding carboxylic acids is 1. The fourth-order valence-electron chi connectivity index (χ4n) is 6.04. The van der Waals surface area contributed by atoms with Crippen molar-refractivity contribution in [2.24, 2.45) is 29.6 Å². The minimum Gasteiger partial charge on any atom is -0.341 e. The smallest absolute Gasteiger partial charge is 0.226 e. The highest BCUT2D eigenvalue weighted by Crippen LogP contribution is 2.56. The quantitative estimate of drug-likeness (QED) is 0.805. The van der Waals surface area contributed by atoms with E-state index in [1.807, 2.05) is 0 Å². The zero-order valence-electron chi connectivity index (χ0n) is 13.6. The van der Waals surface area contributed by atoms with Crippen LogP contribution in [0, 0.1) is 29.6 Å². The van der Waals surface area contributed by atoms with E-state index in [2.05, 4.69) is 24.1 Å². The summed E-state index contributed by atoms with van der Waals surface area (Å²) in [5.41, 5.74) is 0.0675. The molecule has 4 aliphatic carbocycles.